The Balaban J connectivity index is 1.52. The maximum Gasteiger partial charge on any atom is 0.304 e. The standard InChI is InChI=1S/C21H16BrN3O4/c22-13-5-12(6-14(26)9-13)21-24-20(25-29-21)11-2-4-17-16(7-11)15-3-1-10(8-18(27)28)19(15)23-17/h2,4-7,9-10,23,26H,1,3,8H2,(H,27,28). The molecule has 0 saturated heterocycles. The summed E-state index contributed by atoms with van der Waals surface area (Å²) in [6, 6.07) is 10.8. The molecule has 8 heteroatoms. The molecule has 1 aliphatic carbocycles. The van der Waals surface area contributed by atoms with Gasteiger partial charge in [-0.25, -0.2) is 0 Å². The van der Waals surface area contributed by atoms with Crippen molar-refractivity contribution in [1.29, 1.82) is 0 Å². The first-order valence-electron chi connectivity index (χ1n) is 9.18. The van der Waals surface area contributed by atoms with Gasteiger partial charge in [0.05, 0.1) is 6.42 Å². The predicted molar refractivity (Wildman–Crippen MR) is 110 cm³/mol. The zero-order valence-corrected chi connectivity index (χ0v) is 16.7. The van der Waals surface area contributed by atoms with E-state index in [-0.39, 0.29) is 18.1 Å². The van der Waals surface area contributed by atoms with Gasteiger partial charge in [-0.15, -0.1) is 0 Å². The largest absolute Gasteiger partial charge is 0.508 e. The summed E-state index contributed by atoms with van der Waals surface area (Å²) in [5, 5.41) is 24.1. The molecule has 2 aromatic carbocycles. The van der Waals surface area contributed by atoms with Crippen LogP contribution in [0.15, 0.2) is 45.4 Å². The van der Waals surface area contributed by atoms with Gasteiger partial charge in [-0.3, -0.25) is 4.79 Å². The second-order valence-electron chi connectivity index (χ2n) is 7.23. The molecule has 0 amide bonds. The summed E-state index contributed by atoms with van der Waals surface area (Å²) in [6.45, 7) is 0. The average Bonchev–Trinajstić information content (AvgIpc) is 3.36. The minimum atomic E-state index is -0.778. The number of carboxylic acid groups (broad SMARTS) is 1. The van der Waals surface area contributed by atoms with E-state index in [1.54, 1.807) is 18.2 Å². The topological polar surface area (TPSA) is 112 Å². The first-order valence-corrected chi connectivity index (χ1v) is 9.97. The molecule has 0 spiro atoms. The van der Waals surface area contributed by atoms with Gasteiger partial charge in [0.15, 0.2) is 0 Å². The van der Waals surface area contributed by atoms with E-state index in [2.05, 4.69) is 31.1 Å². The molecular weight excluding hydrogens is 438 g/mol. The van der Waals surface area contributed by atoms with Gasteiger partial charge < -0.3 is 19.7 Å². The molecule has 146 valence electrons. The molecule has 0 radical (unpaired) electrons. The minimum Gasteiger partial charge on any atom is -0.508 e. The van der Waals surface area contributed by atoms with Crippen molar-refractivity contribution in [2.45, 2.75) is 25.2 Å². The lowest BCUT2D eigenvalue weighted by molar-refractivity contribution is -0.137. The average molecular weight is 454 g/mol. The third-order valence-electron chi connectivity index (χ3n) is 5.32. The highest BCUT2D eigenvalue weighted by Crippen LogP contribution is 2.40. The van der Waals surface area contributed by atoms with E-state index in [1.165, 1.54) is 5.56 Å². The van der Waals surface area contributed by atoms with E-state index in [9.17, 15) is 9.90 Å². The molecule has 4 aromatic rings. The molecule has 2 heterocycles. The number of halogens is 1. The Labute approximate surface area is 173 Å². The van der Waals surface area contributed by atoms with Crippen molar-refractivity contribution in [2.24, 2.45) is 0 Å². The highest BCUT2D eigenvalue weighted by molar-refractivity contribution is 9.10. The number of nitrogens with zero attached hydrogens (tertiary/aromatic N) is 2. The molecule has 1 aliphatic rings. The number of carboxylic acids is 1. The van der Waals surface area contributed by atoms with Crippen LogP contribution < -0.4 is 0 Å². The highest BCUT2D eigenvalue weighted by atomic mass is 79.9. The van der Waals surface area contributed by atoms with Gasteiger partial charge in [0.2, 0.25) is 5.82 Å². The van der Waals surface area contributed by atoms with E-state index in [0.29, 0.717) is 21.8 Å². The molecular formula is C21H16BrN3O4. The van der Waals surface area contributed by atoms with Crippen LogP contribution in [0.2, 0.25) is 0 Å². The number of phenols is 1. The summed E-state index contributed by atoms with van der Waals surface area (Å²) in [7, 11) is 0. The summed E-state index contributed by atoms with van der Waals surface area (Å²) in [6.07, 6.45) is 1.83. The molecule has 1 unspecified atom stereocenters. The van der Waals surface area contributed by atoms with Gasteiger partial charge in [-0.05, 0) is 54.8 Å². The van der Waals surface area contributed by atoms with Gasteiger partial charge in [0, 0.05) is 38.1 Å². The van der Waals surface area contributed by atoms with Crippen molar-refractivity contribution < 1.29 is 19.5 Å². The van der Waals surface area contributed by atoms with Crippen LogP contribution in [-0.4, -0.2) is 31.3 Å². The van der Waals surface area contributed by atoms with Gasteiger partial charge >= 0.3 is 5.97 Å². The van der Waals surface area contributed by atoms with Crippen molar-refractivity contribution in [3.63, 3.8) is 0 Å². The SMILES string of the molecule is O=C(O)CC1CCc2c1[nH]c1ccc(-c3noc(-c4cc(O)cc(Br)c4)n3)cc21. The van der Waals surface area contributed by atoms with Crippen molar-refractivity contribution in [2.75, 3.05) is 0 Å². The Bertz CT molecular complexity index is 1240. The summed E-state index contributed by atoms with van der Waals surface area (Å²) in [5.41, 5.74) is 4.62. The van der Waals surface area contributed by atoms with Crippen LogP contribution in [0, 0.1) is 0 Å². The number of hydrogen-bond donors (Lipinski definition) is 3. The summed E-state index contributed by atoms with van der Waals surface area (Å²) >= 11 is 3.34. The third kappa shape index (κ3) is 3.19. The Hall–Kier alpha value is -3.13. The number of H-pyrrole nitrogens is 1. The molecule has 0 aliphatic heterocycles. The summed E-state index contributed by atoms with van der Waals surface area (Å²) in [4.78, 5) is 19.0. The number of aromatic nitrogens is 3. The van der Waals surface area contributed by atoms with Gasteiger partial charge in [0.1, 0.15) is 5.75 Å². The van der Waals surface area contributed by atoms with Gasteiger partial charge in [-0.1, -0.05) is 21.1 Å². The van der Waals surface area contributed by atoms with Crippen LogP contribution in [0.1, 0.15) is 30.0 Å². The molecule has 0 bridgehead atoms. The third-order valence-corrected chi connectivity index (χ3v) is 5.78. The fraction of sp³-hybridized carbons (Fsp3) is 0.190. The molecule has 2 aromatic heterocycles. The number of phenolic OH excluding ortho intramolecular Hbond substituents is 1. The summed E-state index contributed by atoms with van der Waals surface area (Å²) < 4.78 is 6.11. The number of hydrogen-bond acceptors (Lipinski definition) is 5. The van der Waals surface area contributed by atoms with Crippen molar-refractivity contribution in [3.05, 3.63) is 52.1 Å². The minimum absolute atomic E-state index is 0.0272. The molecule has 7 nitrogen and oxygen atoms in total. The second-order valence-corrected chi connectivity index (χ2v) is 8.15. The van der Waals surface area contributed by atoms with E-state index in [4.69, 9.17) is 9.63 Å². The van der Waals surface area contributed by atoms with Crippen LogP contribution in [-0.2, 0) is 11.2 Å². The zero-order chi connectivity index (χ0) is 20.1. The smallest absolute Gasteiger partial charge is 0.304 e. The highest BCUT2D eigenvalue weighted by Gasteiger charge is 2.28. The molecule has 0 saturated carbocycles. The maximum atomic E-state index is 11.1. The zero-order valence-electron chi connectivity index (χ0n) is 15.1. The van der Waals surface area contributed by atoms with E-state index >= 15 is 0 Å². The first-order chi connectivity index (χ1) is 14.0. The Morgan fingerprint density at radius 1 is 1.24 bits per heavy atom. The number of aromatic hydroxyl groups is 1. The number of aromatic amines is 1. The van der Waals surface area contributed by atoms with Crippen molar-refractivity contribution in [1.82, 2.24) is 15.1 Å². The Morgan fingerprint density at radius 2 is 2.10 bits per heavy atom. The lowest BCUT2D eigenvalue weighted by Gasteiger charge is -2.05. The normalized spacial score (nSPS) is 15.7. The van der Waals surface area contributed by atoms with Crippen LogP contribution in [0.5, 0.6) is 5.75 Å². The quantitative estimate of drug-likeness (QED) is 0.406. The Morgan fingerprint density at radius 3 is 2.90 bits per heavy atom. The predicted octanol–water partition coefficient (Wildman–Crippen LogP) is 4.86. The van der Waals surface area contributed by atoms with Crippen LogP contribution in [0.25, 0.3) is 33.7 Å². The van der Waals surface area contributed by atoms with Crippen LogP contribution >= 0.6 is 15.9 Å². The fourth-order valence-electron chi connectivity index (χ4n) is 4.06. The van der Waals surface area contributed by atoms with Crippen LogP contribution in [0.3, 0.4) is 0 Å². The van der Waals surface area contributed by atoms with Crippen LogP contribution in [0.4, 0.5) is 0 Å². The van der Waals surface area contributed by atoms with Crippen molar-refractivity contribution >= 4 is 32.8 Å². The number of aryl methyl sites for hydroxylation is 1. The van der Waals surface area contributed by atoms with E-state index in [1.807, 2.05) is 18.2 Å². The number of rotatable bonds is 4. The maximum absolute atomic E-state index is 11.1. The molecule has 3 N–H and O–H groups in total. The van der Waals surface area contributed by atoms with Gasteiger partial charge in [-0.2, -0.15) is 4.98 Å². The summed E-state index contributed by atoms with van der Waals surface area (Å²) in [5.74, 6) is 0.128. The number of aliphatic carboxylic acids is 1. The van der Waals surface area contributed by atoms with Gasteiger partial charge in [0.25, 0.3) is 5.89 Å². The number of benzene rings is 2. The van der Waals surface area contributed by atoms with E-state index < -0.39 is 5.97 Å². The molecule has 5 rings (SSSR count). The van der Waals surface area contributed by atoms with E-state index in [0.717, 1.165) is 35.0 Å². The lowest BCUT2D eigenvalue weighted by atomic mass is 10.0. The first kappa shape index (κ1) is 17.9. The molecule has 29 heavy (non-hydrogen) atoms. The molecule has 0 fully saturated rings. The second kappa shape index (κ2) is 6.73. The number of carbonyl (C=O) groups is 1. The number of fused-ring (bicyclic) bond motifs is 3. The fourth-order valence-corrected chi connectivity index (χ4v) is 4.54. The lowest BCUT2D eigenvalue weighted by Crippen LogP contribution is -2.03. The Kier molecular flexibility index (Phi) is 4.16. The van der Waals surface area contributed by atoms with Crippen molar-refractivity contribution in [3.8, 4) is 28.6 Å². The number of nitrogens with one attached hydrogen (secondary N) is 1. The molecule has 1 atom stereocenters. The monoisotopic (exact) mass is 453 g/mol.